The molecule has 0 unspecified atom stereocenters. The number of benzene rings is 1. The van der Waals surface area contributed by atoms with Crippen molar-refractivity contribution in [2.45, 2.75) is 13.0 Å². The van der Waals surface area contributed by atoms with Crippen molar-refractivity contribution in [3.05, 3.63) is 39.0 Å². The van der Waals surface area contributed by atoms with E-state index < -0.39 is 0 Å². The molecule has 1 aromatic rings. The molecule has 0 saturated carbocycles. The second kappa shape index (κ2) is 3.17. The fraction of sp³-hybridized carbons (Fsp3) is 0.333. The molecule has 0 spiro atoms. The molecule has 12 heavy (non-hydrogen) atoms. The van der Waals surface area contributed by atoms with Crippen LogP contribution >= 0.6 is 15.9 Å². The molecule has 0 atom stereocenters. The number of hydrogen-bond acceptors (Lipinski definition) is 2. The molecule has 1 heterocycles. The van der Waals surface area contributed by atoms with E-state index >= 15 is 0 Å². The standard InChI is InChI=1S/C9H9BrNO/c10-9-2-1-8-6-11(12)4-3-7(8)5-9/h1-2,5H,3-4,6H2/q-1. The molecular formula is C9H9BrNO-. The zero-order valence-corrected chi connectivity index (χ0v) is 8.17. The maximum absolute atomic E-state index is 11.0. The molecule has 0 aliphatic carbocycles. The summed E-state index contributed by atoms with van der Waals surface area (Å²) in [5, 5.41) is 12.1. The maximum atomic E-state index is 11.0. The van der Waals surface area contributed by atoms with Crippen LogP contribution in [0, 0.1) is 5.21 Å². The van der Waals surface area contributed by atoms with Crippen LogP contribution in [-0.4, -0.2) is 11.6 Å². The first-order chi connectivity index (χ1) is 5.75. The lowest BCUT2D eigenvalue weighted by atomic mass is 10.0. The van der Waals surface area contributed by atoms with Crippen LogP contribution in [0.1, 0.15) is 11.1 Å². The Morgan fingerprint density at radius 2 is 2.17 bits per heavy atom. The maximum Gasteiger partial charge on any atom is 0.0178 e. The summed E-state index contributed by atoms with van der Waals surface area (Å²) in [5.41, 5.74) is 2.47. The molecule has 3 heteroatoms. The highest BCUT2D eigenvalue weighted by Gasteiger charge is 2.09. The number of hydrogen-bond donors (Lipinski definition) is 0. The molecule has 0 bridgehead atoms. The second-order valence-corrected chi connectivity index (χ2v) is 3.94. The zero-order valence-electron chi connectivity index (χ0n) is 6.59. The monoisotopic (exact) mass is 226 g/mol. The van der Waals surface area contributed by atoms with E-state index in [1.165, 1.54) is 11.1 Å². The number of fused-ring (bicyclic) bond motifs is 1. The topological polar surface area (TPSA) is 26.3 Å². The van der Waals surface area contributed by atoms with Gasteiger partial charge >= 0.3 is 0 Å². The van der Waals surface area contributed by atoms with E-state index in [4.69, 9.17) is 0 Å². The van der Waals surface area contributed by atoms with E-state index in [1.807, 2.05) is 12.1 Å². The van der Waals surface area contributed by atoms with Gasteiger partial charge in [-0.2, -0.15) is 0 Å². The van der Waals surface area contributed by atoms with Gasteiger partial charge in [-0.3, -0.25) is 0 Å². The van der Waals surface area contributed by atoms with Gasteiger partial charge in [0.05, 0.1) is 0 Å². The molecule has 2 nitrogen and oxygen atoms in total. The summed E-state index contributed by atoms with van der Waals surface area (Å²) >= 11 is 3.41. The fourth-order valence-electron chi connectivity index (χ4n) is 1.50. The lowest BCUT2D eigenvalue weighted by Crippen LogP contribution is -2.24. The van der Waals surface area contributed by atoms with Crippen molar-refractivity contribution in [2.24, 2.45) is 0 Å². The van der Waals surface area contributed by atoms with Crippen molar-refractivity contribution in [1.29, 1.82) is 0 Å². The molecule has 2 rings (SSSR count). The van der Waals surface area contributed by atoms with Gasteiger partial charge in [-0.15, -0.1) is 0 Å². The first kappa shape index (κ1) is 8.23. The Morgan fingerprint density at radius 3 is 3.00 bits per heavy atom. The van der Waals surface area contributed by atoms with Gasteiger partial charge in [-0.05, 0) is 36.2 Å². The normalized spacial score (nSPS) is 17.5. The third-order valence-corrected chi connectivity index (χ3v) is 2.64. The lowest BCUT2D eigenvalue weighted by molar-refractivity contribution is 0.354. The van der Waals surface area contributed by atoms with Gasteiger partial charge in [0.25, 0.3) is 0 Å². The number of halogens is 1. The minimum absolute atomic E-state index is 0.544. The van der Waals surface area contributed by atoms with Crippen LogP contribution in [0.5, 0.6) is 0 Å². The van der Waals surface area contributed by atoms with Gasteiger partial charge in [0, 0.05) is 11.0 Å². The van der Waals surface area contributed by atoms with Crippen molar-refractivity contribution in [3.8, 4) is 0 Å². The van der Waals surface area contributed by atoms with Gasteiger partial charge in [-0.25, -0.2) is 0 Å². The van der Waals surface area contributed by atoms with Gasteiger partial charge in [0.2, 0.25) is 0 Å². The van der Waals surface area contributed by atoms with Crippen LogP contribution in [0.3, 0.4) is 0 Å². The van der Waals surface area contributed by atoms with Gasteiger partial charge in [0.15, 0.2) is 0 Å². The Bertz CT molecular complexity index is 301. The highest BCUT2D eigenvalue weighted by molar-refractivity contribution is 9.10. The van der Waals surface area contributed by atoms with Crippen molar-refractivity contribution in [2.75, 3.05) is 6.54 Å². The number of rotatable bonds is 0. The summed E-state index contributed by atoms with van der Waals surface area (Å²) in [6, 6.07) is 6.10. The molecule has 0 fully saturated rings. The Balaban J connectivity index is 2.37. The van der Waals surface area contributed by atoms with E-state index in [1.54, 1.807) is 0 Å². The minimum atomic E-state index is 0.544. The van der Waals surface area contributed by atoms with Crippen molar-refractivity contribution >= 4 is 15.9 Å². The highest BCUT2D eigenvalue weighted by Crippen LogP contribution is 2.21. The average Bonchev–Trinajstić information content (AvgIpc) is 2.05. The number of hydroxylamine groups is 2. The van der Waals surface area contributed by atoms with Crippen LogP contribution in [0.25, 0.3) is 0 Å². The summed E-state index contributed by atoms with van der Waals surface area (Å²) < 4.78 is 1.10. The quantitative estimate of drug-likeness (QED) is 0.679. The largest absolute Gasteiger partial charge is 0.785 e. The highest BCUT2D eigenvalue weighted by atomic mass is 79.9. The van der Waals surface area contributed by atoms with E-state index in [-0.39, 0.29) is 0 Å². The summed E-state index contributed by atoms with van der Waals surface area (Å²) in [7, 11) is 0. The Kier molecular flexibility index (Phi) is 2.17. The first-order valence-electron chi connectivity index (χ1n) is 3.95. The van der Waals surface area contributed by atoms with Crippen LogP contribution in [0.4, 0.5) is 0 Å². The third-order valence-electron chi connectivity index (χ3n) is 2.15. The molecule has 1 aliphatic heterocycles. The molecule has 0 saturated heterocycles. The molecule has 0 aromatic heterocycles. The van der Waals surface area contributed by atoms with Crippen LogP contribution in [0.15, 0.2) is 22.7 Å². The Hall–Kier alpha value is -0.380. The summed E-state index contributed by atoms with van der Waals surface area (Å²) in [4.78, 5) is 0. The van der Waals surface area contributed by atoms with E-state index in [0.29, 0.717) is 13.1 Å². The van der Waals surface area contributed by atoms with E-state index in [2.05, 4.69) is 22.0 Å². The molecule has 0 amide bonds. The predicted octanol–water partition coefficient (Wildman–Crippen LogP) is 2.31. The molecule has 64 valence electrons. The minimum Gasteiger partial charge on any atom is -0.785 e. The second-order valence-electron chi connectivity index (χ2n) is 3.03. The Morgan fingerprint density at radius 1 is 1.33 bits per heavy atom. The average molecular weight is 227 g/mol. The zero-order chi connectivity index (χ0) is 8.55. The van der Waals surface area contributed by atoms with Crippen molar-refractivity contribution in [1.82, 2.24) is 5.06 Å². The van der Waals surface area contributed by atoms with Gasteiger partial charge in [-0.1, -0.05) is 22.0 Å². The summed E-state index contributed by atoms with van der Waals surface area (Å²) in [5.74, 6) is 0. The fourth-order valence-corrected chi connectivity index (χ4v) is 1.90. The van der Waals surface area contributed by atoms with Crippen LogP contribution < -0.4 is 0 Å². The molecule has 0 radical (unpaired) electrons. The smallest absolute Gasteiger partial charge is 0.0178 e. The van der Waals surface area contributed by atoms with Crippen LogP contribution in [-0.2, 0) is 13.0 Å². The molecule has 1 aromatic carbocycles. The van der Waals surface area contributed by atoms with Crippen LogP contribution in [0.2, 0.25) is 0 Å². The molecule has 1 aliphatic rings. The van der Waals surface area contributed by atoms with Crippen molar-refractivity contribution in [3.63, 3.8) is 0 Å². The third kappa shape index (κ3) is 1.53. The van der Waals surface area contributed by atoms with Crippen molar-refractivity contribution < 1.29 is 0 Å². The first-order valence-corrected chi connectivity index (χ1v) is 4.74. The Labute approximate surface area is 79.9 Å². The van der Waals surface area contributed by atoms with E-state index in [0.717, 1.165) is 16.0 Å². The molecule has 0 N–H and O–H groups in total. The predicted molar refractivity (Wildman–Crippen MR) is 51.6 cm³/mol. The molecular weight excluding hydrogens is 218 g/mol. The summed E-state index contributed by atoms with van der Waals surface area (Å²) in [6.45, 7) is 1.17. The number of nitrogens with zero attached hydrogens (tertiary/aromatic N) is 1. The summed E-state index contributed by atoms with van der Waals surface area (Å²) in [6.07, 6.45) is 0.873. The van der Waals surface area contributed by atoms with Gasteiger partial charge < -0.3 is 10.3 Å². The SMILES string of the molecule is [O-]N1CCc2cc(Br)ccc2C1. The van der Waals surface area contributed by atoms with Gasteiger partial charge in [0.1, 0.15) is 0 Å². The van der Waals surface area contributed by atoms with E-state index in [9.17, 15) is 5.21 Å². The lowest BCUT2D eigenvalue weighted by Gasteiger charge is -2.33.